The molecule has 3 heterocycles. The number of aryl methyl sites for hydroxylation is 1. The number of rotatable bonds is 1. The zero-order chi connectivity index (χ0) is 13.7. The van der Waals surface area contributed by atoms with Crippen LogP contribution in [0.25, 0.3) is 11.3 Å². The summed E-state index contributed by atoms with van der Waals surface area (Å²) in [7, 11) is 0. The molecule has 0 fully saturated rings. The lowest BCUT2D eigenvalue weighted by Crippen LogP contribution is -2.32. The number of imidazole rings is 1. The molecule has 0 saturated carbocycles. The summed E-state index contributed by atoms with van der Waals surface area (Å²) < 4.78 is 7.86. The molecule has 0 amide bonds. The predicted octanol–water partition coefficient (Wildman–Crippen LogP) is 2.07. The van der Waals surface area contributed by atoms with E-state index >= 15 is 0 Å². The van der Waals surface area contributed by atoms with E-state index in [1.165, 1.54) is 16.8 Å². The highest BCUT2D eigenvalue weighted by Gasteiger charge is 2.23. The lowest BCUT2D eigenvalue weighted by molar-refractivity contribution is 0.357. The molecule has 0 aliphatic carbocycles. The average molecular weight is 269 g/mol. The molecule has 4 heteroatoms. The molecule has 2 aromatic rings. The molecule has 20 heavy (non-hydrogen) atoms. The third kappa shape index (κ3) is 1.75. The Morgan fingerprint density at radius 3 is 3.15 bits per heavy atom. The van der Waals surface area contributed by atoms with Crippen LogP contribution in [-0.4, -0.2) is 22.2 Å². The maximum absolute atomic E-state index is 6.08. The van der Waals surface area contributed by atoms with Gasteiger partial charge in [0, 0.05) is 30.3 Å². The van der Waals surface area contributed by atoms with E-state index in [9.17, 15) is 0 Å². The second-order valence-electron chi connectivity index (χ2n) is 5.78. The van der Waals surface area contributed by atoms with Crippen LogP contribution >= 0.6 is 0 Å². The smallest absolute Gasteiger partial charge is 0.122 e. The number of nitrogens with zero attached hydrogens (tertiary/aromatic N) is 2. The molecule has 104 valence electrons. The molecular formula is C16H19N3O. The van der Waals surface area contributed by atoms with Crippen LogP contribution in [0.2, 0.25) is 0 Å². The summed E-state index contributed by atoms with van der Waals surface area (Å²) in [5, 5.41) is 0. The molecule has 2 N–H and O–H groups in total. The molecule has 0 saturated heterocycles. The number of hydrogen-bond acceptors (Lipinski definition) is 3. The van der Waals surface area contributed by atoms with Gasteiger partial charge in [0.05, 0.1) is 12.3 Å². The standard InChI is InChI=1S/C16H19N3O/c1-10-18-16(14-4-3-13(17)9-19(10)14)12-2-5-15-11(8-12)6-7-20-15/h2,5,8,13H,3-4,6-7,9,17H2,1H3. The number of ether oxygens (including phenoxy) is 1. The van der Waals surface area contributed by atoms with Gasteiger partial charge in [-0.05, 0) is 43.5 Å². The van der Waals surface area contributed by atoms with E-state index in [2.05, 4.69) is 29.7 Å². The van der Waals surface area contributed by atoms with Gasteiger partial charge in [-0.2, -0.15) is 0 Å². The summed E-state index contributed by atoms with van der Waals surface area (Å²) >= 11 is 0. The van der Waals surface area contributed by atoms with Gasteiger partial charge in [0.25, 0.3) is 0 Å². The van der Waals surface area contributed by atoms with E-state index in [-0.39, 0.29) is 6.04 Å². The molecule has 0 radical (unpaired) electrons. The number of fused-ring (bicyclic) bond motifs is 2. The van der Waals surface area contributed by atoms with Gasteiger partial charge in [-0.25, -0.2) is 4.98 Å². The van der Waals surface area contributed by atoms with Gasteiger partial charge in [-0.15, -0.1) is 0 Å². The zero-order valence-electron chi connectivity index (χ0n) is 11.7. The predicted molar refractivity (Wildman–Crippen MR) is 77.9 cm³/mol. The Balaban J connectivity index is 1.81. The van der Waals surface area contributed by atoms with E-state index in [4.69, 9.17) is 15.5 Å². The summed E-state index contributed by atoms with van der Waals surface area (Å²) in [4.78, 5) is 4.79. The van der Waals surface area contributed by atoms with Crippen LogP contribution in [0.15, 0.2) is 18.2 Å². The monoisotopic (exact) mass is 269 g/mol. The van der Waals surface area contributed by atoms with E-state index in [1.807, 2.05) is 0 Å². The Morgan fingerprint density at radius 1 is 1.35 bits per heavy atom. The fourth-order valence-corrected chi connectivity index (χ4v) is 3.32. The Bertz CT molecular complexity index is 675. The van der Waals surface area contributed by atoms with Crippen molar-refractivity contribution < 1.29 is 4.74 Å². The van der Waals surface area contributed by atoms with Gasteiger partial charge in [0.2, 0.25) is 0 Å². The Morgan fingerprint density at radius 2 is 2.25 bits per heavy atom. The largest absolute Gasteiger partial charge is 0.493 e. The molecule has 1 aromatic heterocycles. The molecule has 4 nitrogen and oxygen atoms in total. The van der Waals surface area contributed by atoms with Crippen molar-refractivity contribution >= 4 is 0 Å². The van der Waals surface area contributed by atoms with E-state index in [1.54, 1.807) is 0 Å². The van der Waals surface area contributed by atoms with Gasteiger partial charge >= 0.3 is 0 Å². The Labute approximate surface area is 118 Å². The highest BCUT2D eigenvalue weighted by atomic mass is 16.5. The summed E-state index contributed by atoms with van der Waals surface area (Å²) in [6, 6.07) is 6.70. The first-order valence-electron chi connectivity index (χ1n) is 7.30. The van der Waals surface area contributed by atoms with Crippen molar-refractivity contribution in [2.24, 2.45) is 5.73 Å². The quantitative estimate of drug-likeness (QED) is 0.862. The summed E-state index contributed by atoms with van der Waals surface area (Å²) in [6.45, 7) is 3.76. The number of aromatic nitrogens is 2. The number of hydrogen-bond donors (Lipinski definition) is 1. The fourth-order valence-electron chi connectivity index (χ4n) is 3.32. The minimum Gasteiger partial charge on any atom is -0.493 e. The van der Waals surface area contributed by atoms with Crippen LogP contribution in [0, 0.1) is 6.92 Å². The second-order valence-corrected chi connectivity index (χ2v) is 5.78. The first-order valence-corrected chi connectivity index (χ1v) is 7.30. The van der Waals surface area contributed by atoms with Crippen molar-refractivity contribution in [1.29, 1.82) is 0 Å². The molecule has 4 rings (SSSR count). The molecule has 2 aliphatic heterocycles. The molecular weight excluding hydrogens is 250 g/mol. The lowest BCUT2D eigenvalue weighted by Gasteiger charge is -2.22. The van der Waals surface area contributed by atoms with Gasteiger partial charge in [0.1, 0.15) is 11.6 Å². The summed E-state index contributed by atoms with van der Waals surface area (Å²) in [5.74, 6) is 2.10. The van der Waals surface area contributed by atoms with E-state index in [0.29, 0.717) is 0 Å². The number of nitrogens with two attached hydrogens (primary N) is 1. The van der Waals surface area contributed by atoms with Crippen LogP contribution < -0.4 is 10.5 Å². The zero-order valence-corrected chi connectivity index (χ0v) is 11.7. The van der Waals surface area contributed by atoms with Crippen LogP contribution in [0.3, 0.4) is 0 Å². The maximum Gasteiger partial charge on any atom is 0.122 e. The Kier molecular flexibility index (Phi) is 2.60. The van der Waals surface area contributed by atoms with E-state index in [0.717, 1.165) is 49.7 Å². The Hall–Kier alpha value is -1.81. The first-order chi connectivity index (χ1) is 9.72. The van der Waals surface area contributed by atoms with Crippen LogP contribution in [-0.2, 0) is 19.4 Å². The van der Waals surface area contributed by atoms with Crippen molar-refractivity contribution in [2.75, 3.05) is 6.61 Å². The minimum atomic E-state index is 0.261. The van der Waals surface area contributed by atoms with Crippen molar-refractivity contribution in [3.63, 3.8) is 0 Å². The first kappa shape index (κ1) is 12.0. The highest BCUT2D eigenvalue weighted by Crippen LogP contribution is 2.33. The van der Waals surface area contributed by atoms with Crippen molar-refractivity contribution in [2.45, 2.75) is 38.8 Å². The van der Waals surface area contributed by atoms with Gasteiger partial charge in [0.15, 0.2) is 0 Å². The van der Waals surface area contributed by atoms with E-state index < -0.39 is 0 Å². The SMILES string of the molecule is Cc1nc(-c2ccc3c(c2)CCO3)c2n1CC(N)CC2. The molecule has 0 bridgehead atoms. The van der Waals surface area contributed by atoms with Crippen molar-refractivity contribution in [1.82, 2.24) is 9.55 Å². The molecule has 1 atom stereocenters. The fraction of sp³-hybridized carbons (Fsp3) is 0.438. The second kappa shape index (κ2) is 4.35. The minimum absolute atomic E-state index is 0.261. The summed E-state index contributed by atoms with van der Waals surface area (Å²) in [5.41, 5.74) is 11.1. The van der Waals surface area contributed by atoms with Crippen LogP contribution in [0.4, 0.5) is 0 Å². The molecule has 1 aromatic carbocycles. The highest BCUT2D eigenvalue weighted by molar-refractivity contribution is 5.65. The third-order valence-corrected chi connectivity index (χ3v) is 4.40. The van der Waals surface area contributed by atoms with Crippen LogP contribution in [0.5, 0.6) is 5.75 Å². The average Bonchev–Trinajstić information content (AvgIpc) is 3.03. The van der Waals surface area contributed by atoms with Crippen LogP contribution in [0.1, 0.15) is 23.5 Å². The van der Waals surface area contributed by atoms with Crippen molar-refractivity contribution in [3.8, 4) is 17.0 Å². The normalized spacial score (nSPS) is 20.4. The third-order valence-electron chi connectivity index (χ3n) is 4.40. The molecule has 0 spiro atoms. The molecule has 2 aliphatic rings. The van der Waals surface area contributed by atoms with Gasteiger partial charge in [-0.1, -0.05) is 0 Å². The van der Waals surface area contributed by atoms with Gasteiger partial charge in [-0.3, -0.25) is 0 Å². The number of benzene rings is 1. The van der Waals surface area contributed by atoms with Crippen molar-refractivity contribution in [3.05, 3.63) is 35.3 Å². The maximum atomic E-state index is 6.08. The topological polar surface area (TPSA) is 53.1 Å². The lowest BCUT2D eigenvalue weighted by atomic mass is 10.00. The molecule has 1 unspecified atom stereocenters. The summed E-state index contributed by atoms with van der Waals surface area (Å²) in [6.07, 6.45) is 3.07. The van der Waals surface area contributed by atoms with Gasteiger partial charge < -0.3 is 15.0 Å².